The second kappa shape index (κ2) is 5.25. The summed E-state index contributed by atoms with van der Waals surface area (Å²) in [5.74, 6) is -0.829. The Morgan fingerprint density at radius 1 is 1.65 bits per heavy atom. The van der Waals surface area contributed by atoms with Gasteiger partial charge in [-0.1, -0.05) is 6.07 Å². The molecule has 17 heavy (non-hydrogen) atoms. The number of pyridine rings is 1. The van der Waals surface area contributed by atoms with E-state index in [0.717, 1.165) is 11.3 Å². The van der Waals surface area contributed by atoms with Gasteiger partial charge in [0.2, 0.25) is 0 Å². The molecule has 1 saturated heterocycles. The Bertz CT molecular complexity index is 391. The summed E-state index contributed by atoms with van der Waals surface area (Å²) in [7, 11) is 0. The van der Waals surface area contributed by atoms with Gasteiger partial charge in [0, 0.05) is 25.0 Å². The number of carboxylic acids is 1. The van der Waals surface area contributed by atoms with Crippen LogP contribution in [-0.2, 0) is 16.1 Å². The van der Waals surface area contributed by atoms with Crippen LogP contribution in [0.3, 0.4) is 0 Å². The van der Waals surface area contributed by atoms with Crippen LogP contribution in [0.15, 0.2) is 18.3 Å². The Morgan fingerprint density at radius 3 is 3.12 bits per heavy atom. The molecule has 1 N–H and O–H groups in total. The van der Waals surface area contributed by atoms with Crippen LogP contribution in [0.25, 0.3) is 0 Å². The number of aryl methyl sites for hydroxylation is 1. The van der Waals surface area contributed by atoms with Crippen molar-refractivity contribution in [3.63, 3.8) is 0 Å². The Balaban J connectivity index is 2.05. The first-order valence-electron chi connectivity index (χ1n) is 5.63. The molecule has 1 aromatic heterocycles. The number of ether oxygens (including phenoxy) is 1. The lowest BCUT2D eigenvalue weighted by Crippen LogP contribution is -2.49. The van der Waals surface area contributed by atoms with Gasteiger partial charge in [0.05, 0.1) is 13.2 Å². The van der Waals surface area contributed by atoms with Crippen molar-refractivity contribution in [1.82, 2.24) is 9.88 Å². The van der Waals surface area contributed by atoms with Gasteiger partial charge in [-0.05, 0) is 18.6 Å². The fourth-order valence-corrected chi connectivity index (χ4v) is 1.88. The number of hydrogen-bond donors (Lipinski definition) is 1. The molecule has 0 bridgehead atoms. The van der Waals surface area contributed by atoms with Gasteiger partial charge in [0.1, 0.15) is 6.04 Å². The quantitative estimate of drug-likeness (QED) is 0.836. The minimum atomic E-state index is -0.829. The van der Waals surface area contributed by atoms with Crippen molar-refractivity contribution in [3.8, 4) is 0 Å². The third kappa shape index (κ3) is 3.01. The highest BCUT2D eigenvalue weighted by atomic mass is 16.5. The molecule has 0 saturated carbocycles. The maximum atomic E-state index is 11.1. The molecular formula is C12H16N2O3. The van der Waals surface area contributed by atoms with Crippen LogP contribution in [-0.4, -0.2) is 46.8 Å². The van der Waals surface area contributed by atoms with Crippen LogP contribution < -0.4 is 0 Å². The minimum absolute atomic E-state index is 0.259. The SMILES string of the molecule is Cc1ccc(CN2CCOCC2C(=O)O)cn1. The third-order valence-electron chi connectivity index (χ3n) is 2.88. The van der Waals surface area contributed by atoms with Gasteiger partial charge in [-0.25, -0.2) is 0 Å². The summed E-state index contributed by atoms with van der Waals surface area (Å²) >= 11 is 0. The molecule has 0 amide bonds. The molecular weight excluding hydrogens is 220 g/mol. The van der Waals surface area contributed by atoms with Crippen molar-refractivity contribution in [2.75, 3.05) is 19.8 Å². The summed E-state index contributed by atoms with van der Waals surface area (Å²) in [5, 5.41) is 9.09. The van der Waals surface area contributed by atoms with Crippen molar-refractivity contribution in [2.24, 2.45) is 0 Å². The molecule has 1 unspecified atom stereocenters. The molecule has 5 heteroatoms. The molecule has 1 aliphatic heterocycles. The van der Waals surface area contributed by atoms with Gasteiger partial charge in [-0.3, -0.25) is 14.7 Å². The second-order valence-electron chi connectivity index (χ2n) is 4.21. The third-order valence-corrected chi connectivity index (χ3v) is 2.88. The number of rotatable bonds is 3. The first kappa shape index (κ1) is 12.0. The lowest BCUT2D eigenvalue weighted by molar-refractivity contribution is -0.150. The predicted molar refractivity (Wildman–Crippen MR) is 61.6 cm³/mol. The van der Waals surface area contributed by atoms with Crippen LogP contribution in [0.1, 0.15) is 11.3 Å². The van der Waals surface area contributed by atoms with Crippen molar-refractivity contribution in [1.29, 1.82) is 0 Å². The van der Waals surface area contributed by atoms with Crippen molar-refractivity contribution < 1.29 is 14.6 Å². The van der Waals surface area contributed by atoms with Crippen molar-refractivity contribution in [3.05, 3.63) is 29.6 Å². The van der Waals surface area contributed by atoms with Crippen molar-refractivity contribution >= 4 is 5.97 Å². The first-order chi connectivity index (χ1) is 8.16. The van der Waals surface area contributed by atoms with Crippen LogP contribution in [0.4, 0.5) is 0 Å². The fraction of sp³-hybridized carbons (Fsp3) is 0.500. The number of aliphatic carboxylic acids is 1. The maximum Gasteiger partial charge on any atom is 0.323 e. The minimum Gasteiger partial charge on any atom is -0.480 e. The predicted octanol–water partition coefficient (Wildman–Crippen LogP) is 0.675. The molecule has 0 aromatic carbocycles. The van der Waals surface area contributed by atoms with E-state index in [4.69, 9.17) is 9.84 Å². The van der Waals surface area contributed by atoms with Gasteiger partial charge in [0.15, 0.2) is 0 Å². The molecule has 5 nitrogen and oxygen atoms in total. The Labute approximate surface area is 100 Å². The van der Waals surface area contributed by atoms with E-state index in [0.29, 0.717) is 19.7 Å². The van der Waals surface area contributed by atoms with Gasteiger partial charge >= 0.3 is 5.97 Å². The average molecular weight is 236 g/mol. The Morgan fingerprint density at radius 2 is 2.47 bits per heavy atom. The van der Waals surface area contributed by atoms with E-state index in [1.54, 1.807) is 6.20 Å². The summed E-state index contributed by atoms with van der Waals surface area (Å²) in [6.45, 7) is 4.02. The second-order valence-corrected chi connectivity index (χ2v) is 4.21. The zero-order valence-corrected chi connectivity index (χ0v) is 9.80. The van der Waals surface area contributed by atoms with Crippen LogP contribution in [0.2, 0.25) is 0 Å². The molecule has 1 aliphatic rings. The van der Waals surface area contributed by atoms with Crippen LogP contribution >= 0.6 is 0 Å². The number of hydrogen-bond acceptors (Lipinski definition) is 4. The largest absolute Gasteiger partial charge is 0.480 e. The zero-order chi connectivity index (χ0) is 12.3. The molecule has 1 fully saturated rings. The van der Waals surface area contributed by atoms with Gasteiger partial charge < -0.3 is 9.84 Å². The molecule has 1 atom stereocenters. The molecule has 0 radical (unpaired) electrons. The van der Waals surface area contributed by atoms with Gasteiger partial charge in [-0.2, -0.15) is 0 Å². The summed E-state index contributed by atoms with van der Waals surface area (Å²) in [4.78, 5) is 17.2. The highest BCUT2D eigenvalue weighted by molar-refractivity contribution is 5.73. The van der Waals surface area contributed by atoms with E-state index >= 15 is 0 Å². The number of morpholine rings is 1. The van der Waals surface area contributed by atoms with E-state index in [2.05, 4.69) is 4.98 Å². The molecule has 92 valence electrons. The number of carbonyl (C=O) groups is 1. The topological polar surface area (TPSA) is 62.7 Å². The van der Waals surface area contributed by atoms with E-state index in [1.807, 2.05) is 24.0 Å². The summed E-state index contributed by atoms with van der Waals surface area (Å²) in [6, 6.07) is 3.37. The molecule has 1 aromatic rings. The first-order valence-corrected chi connectivity index (χ1v) is 5.63. The van der Waals surface area contributed by atoms with E-state index in [9.17, 15) is 4.79 Å². The molecule has 2 rings (SSSR count). The monoisotopic (exact) mass is 236 g/mol. The van der Waals surface area contributed by atoms with Crippen LogP contribution in [0, 0.1) is 6.92 Å². The molecule has 0 spiro atoms. The highest BCUT2D eigenvalue weighted by Crippen LogP contribution is 2.12. The lowest BCUT2D eigenvalue weighted by atomic mass is 10.2. The van der Waals surface area contributed by atoms with Gasteiger partial charge in [-0.15, -0.1) is 0 Å². The van der Waals surface area contributed by atoms with E-state index in [-0.39, 0.29) is 6.61 Å². The smallest absolute Gasteiger partial charge is 0.323 e. The molecule has 2 heterocycles. The summed E-state index contributed by atoms with van der Waals surface area (Å²) < 4.78 is 5.19. The Kier molecular flexibility index (Phi) is 3.71. The fourth-order valence-electron chi connectivity index (χ4n) is 1.88. The summed E-state index contributed by atoms with van der Waals surface area (Å²) in [6.07, 6.45) is 1.80. The highest BCUT2D eigenvalue weighted by Gasteiger charge is 2.28. The lowest BCUT2D eigenvalue weighted by Gasteiger charge is -2.32. The number of carboxylic acid groups (broad SMARTS) is 1. The van der Waals surface area contributed by atoms with E-state index in [1.165, 1.54) is 0 Å². The zero-order valence-electron chi connectivity index (χ0n) is 9.80. The van der Waals surface area contributed by atoms with Crippen LogP contribution in [0.5, 0.6) is 0 Å². The van der Waals surface area contributed by atoms with Crippen molar-refractivity contribution in [2.45, 2.75) is 19.5 Å². The normalized spacial score (nSPS) is 21.4. The average Bonchev–Trinajstić information content (AvgIpc) is 2.32. The van der Waals surface area contributed by atoms with E-state index < -0.39 is 12.0 Å². The maximum absolute atomic E-state index is 11.1. The number of aromatic nitrogens is 1. The number of nitrogens with zero attached hydrogens (tertiary/aromatic N) is 2. The standard InChI is InChI=1S/C12H16N2O3/c1-9-2-3-10(6-13-9)7-14-4-5-17-8-11(14)12(15)16/h2-3,6,11H,4-5,7-8H2,1H3,(H,15,16). The molecule has 0 aliphatic carbocycles. The Hall–Kier alpha value is -1.46. The summed E-state index contributed by atoms with van der Waals surface area (Å²) in [5.41, 5.74) is 1.99. The van der Waals surface area contributed by atoms with Gasteiger partial charge in [0.25, 0.3) is 0 Å².